The average Bonchev–Trinajstić information content (AvgIpc) is 2.29. The van der Waals surface area contributed by atoms with Gasteiger partial charge in [-0.15, -0.1) is 0 Å². The number of rotatable bonds is 8. The van der Waals surface area contributed by atoms with Crippen molar-refractivity contribution in [1.29, 1.82) is 0 Å². The third-order valence-electron chi connectivity index (χ3n) is 3.15. The molecule has 0 aromatic carbocycles. The maximum atomic E-state index is 12.1. The smallest absolute Gasteiger partial charge is 0.239 e. The topological polar surface area (TPSA) is 52.6 Å². The van der Waals surface area contributed by atoms with E-state index in [4.69, 9.17) is 5.11 Å². The van der Waals surface area contributed by atoms with Crippen molar-refractivity contribution in [1.82, 2.24) is 10.2 Å². The van der Waals surface area contributed by atoms with Crippen LogP contribution in [0.5, 0.6) is 0 Å². The summed E-state index contributed by atoms with van der Waals surface area (Å²) in [6.07, 6.45) is 0.688. The monoisotopic (exact) mass is 244 g/mol. The Bertz CT molecular complexity index is 215. The molecule has 0 heterocycles. The molecule has 2 N–H and O–H groups in total. The van der Waals surface area contributed by atoms with Crippen molar-refractivity contribution >= 4 is 5.91 Å². The third kappa shape index (κ3) is 5.50. The van der Waals surface area contributed by atoms with Crippen LogP contribution in [0.15, 0.2) is 0 Å². The summed E-state index contributed by atoms with van der Waals surface area (Å²) >= 11 is 0. The van der Waals surface area contributed by atoms with Crippen LogP contribution >= 0.6 is 0 Å². The summed E-state index contributed by atoms with van der Waals surface area (Å²) in [5.74, 6) is 0.549. The van der Waals surface area contributed by atoms with Gasteiger partial charge >= 0.3 is 0 Å². The number of hydrogen-bond donors (Lipinski definition) is 2. The Morgan fingerprint density at radius 3 is 2.12 bits per heavy atom. The number of aliphatic hydroxyl groups excluding tert-OH is 1. The SMILES string of the molecule is CCN(CC)C(=O)C(C)NC(CCO)C(C)C. The summed E-state index contributed by atoms with van der Waals surface area (Å²) in [5, 5.41) is 12.3. The molecule has 0 fully saturated rings. The fourth-order valence-electron chi connectivity index (χ4n) is 1.95. The fourth-order valence-corrected chi connectivity index (χ4v) is 1.95. The van der Waals surface area contributed by atoms with Crippen molar-refractivity contribution in [3.05, 3.63) is 0 Å². The van der Waals surface area contributed by atoms with E-state index in [0.717, 1.165) is 13.1 Å². The minimum atomic E-state index is -0.186. The molecular weight excluding hydrogens is 216 g/mol. The first kappa shape index (κ1) is 16.4. The fraction of sp³-hybridized carbons (Fsp3) is 0.923. The lowest BCUT2D eigenvalue weighted by Gasteiger charge is -2.29. The van der Waals surface area contributed by atoms with Crippen molar-refractivity contribution in [3.8, 4) is 0 Å². The first-order valence-electron chi connectivity index (χ1n) is 6.63. The van der Waals surface area contributed by atoms with Crippen molar-refractivity contribution in [3.63, 3.8) is 0 Å². The van der Waals surface area contributed by atoms with Gasteiger partial charge < -0.3 is 15.3 Å². The van der Waals surface area contributed by atoms with Crippen LogP contribution in [0.3, 0.4) is 0 Å². The van der Waals surface area contributed by atoms with Gasteiger partial charge in [-0.1, -0.05) is 13.8 Å². The zero-order valence-electron chi connectivity index (χ0n) is 11.9. The second kappa shape index (κ2) is 8.48. The average molecular weight is 244 g/mol. The van der Waals surface area contributed by atoms with Gasteiger partial charge in [-0.2, -0.15) is 0 Å². The number of carbonyl (C=O) groups is 1. The minimum absolute atomic E-state index is 0.138. The molecule has 4 heteroatoms. The molecule has 2 unspecified atom stereocenters. The standard InChI is InChI=1S/C13H28N2O2/c1-6-15(7-2)13(17)11(5)14-12(8-9-16)10(3)4/h10-12,14,16H,6-9H2,1-5H3. The molecular formula is C13H28N2O2. The summed E-state index contributed by atoms with van der Waals surface area (Å²) in [4.78, 5) is 13.9. The zero-order valence-corrected chi connectivity index (χ0v) is 11.9. The first-order valence-corrected chi connectivity index (χ1v) is 6.63. The molecule has 102 valence electrons. The predicted octanol–water partition coefficient (Wildman–Crippen LogP) is 1.24. The number of aliphatic hydroxyl groups is 1. The largest absolute Gasteiger partial charge is 0.396 e. The molecule has 0 radical (unpaired) electrons. The Morgan fingerprint density at radius 2 is 1.76 bits per heavy atom. The van der Waals surface area contributed by atoms with Crippen LogP contribution in [0, 0.1) is 5.92 Å². The lowest BCUT2D eigenvalue weighted by molar-refractivity contribution is -0.133. The van der Waals surface area contributed by atoms with E-state index in [9.17, 15) is 4.79 Å². The van der Waals surface area contributed by atoms with Crippen LogP contribution in [0.2, 0.25) is 0 Å². The molecule has 1 amide bonds. The van der Waals surface area contributed by atoms with E-state index in [-0.39, 0.29) is 24.6 Å². The Balaban J connectivity index is 4.38. The number of amides is 1. The Kier molecular flexibility index (Phi) is 8.17. The van der Waals surface area contributed by atoms with Crippen LogP contribution in [-0.2, 0) is 4.79 Å². The maximum absolute atomic E-state index is 12.1. The molecule has 4 nitrogen and oxygen atoms in total. The molecule has 0 bridgehead atoms. The van der Waals surface area contributed by atoms with Crippen LogP contribution in [0.25, 0.3) is 0 Å². The van der Waals surface area contributed by atoms with Gasteiger partial charge in [0.2, 0.25) is 5.91 Å². The highest BCUT2D eigenvalue weighted by Crippen LogP contribution is 2.07. The van der Waals surface area contributed by atoms with Gasteiger partial charge in [-0.25, -0.2) is 0 Å². The van der Waals surface area contributed by atoms with Crippen molar-refractivity contribution in [2.45, 2.75) is 53.1 Å². The summed E-state index contributed by atoms with van der Waals surface area (Å²) < 4.78 is 0. The van der Waals surface area contributed by atoms with Gasteiger partial charge in [0.15, 0.2) is 0 Å². The summed E-state index contributed by atoms with van der Waals surface area (Å²) in [7, 11) is 0. The van der Waals surface area contributed by atoms with E-state index in [1.807, 2.05) is 25.7 Å². The lowest BCUT2D eigenvalue weighted by atomic mass is 10.0. The van der Waals surface area contributed by atoms with E-state index >= 15 is 0 Å². The Hall–Kier alpha value is -0.610. The number of carbonyl (C=O) groups excluding carboxylic acids is 1. The first-order chi connectivity index (χ1) is 7.97. The van der Waals surface area contributed by atoms with Crippen molar-refractivity contribution in [2.75, 3.05) is 19.7 Å². The number of nitrogens with one attached hydrogen (secondary N) is 1. The van der Waals surface area contributed by atoms with Gasteiger partial charge in [0.05, 0.1) is 6.04 Å². The van der Waals surface area contributed by atoms with Gasteiger partial charge in [0.25, 0.3) is 0 Å². The van der Waals surface area contributed by atoms with Gasteiger partial charge in [-0.3, -0.25) is 4.79 Å². The zero-order chi connectivity index (χ0) is 13.4. The predicted molar refractivity (Wildman–Crippen MR) is 70.9 cm³/mol. The third-order valence-corrected chi connectivity index (χ3v) is 3.15. The van der Waals surface area contributed by atoms with Crippen LogP contribution in [-0.4, -0.2) is 47.7 Å². The Morgan fingerprint density at radius 1 is 1.24 bits per heavy atom. The van der Waals surface area contributed by atoms with Gasteiger partial charge in [0, 0.05) is 25.7 Å². The molecule has 0 aromatic heterocycles. The van der Waals surface area contributed by atoms with E-state index < -0.39 is 0 Å². The van der Waals surface area contributed by atoms with E-state index in [2.05, 4.69) is 19.2 Å². The summed E-state index contributed by atoms with van der Waals surface area (Å²) in [6.45, 7) is 11.7. The molecule has 0 saturated heterocycles. The van der Waals surface area contributed by atoms with Gasteiger partial charge in [-0.05, 0) is 33.1 Å². The van der Waals surface area contributed by atoms with E-state index in [1.165, 1.54) is 0 Å². The normalized spacial score (nSPS) is 14.8. The second-order valence-electron chi connectivity index (χ2n) is 4.76. The maximum Gasteiger partial charge on any atom is 0.239 e. The highest BCUT2D eigenvalue weighted by Gasteiger charge is 2.22. The molecule has 0 aromatic rings. The minimum Gasteiger partial charge on any atom is -0.396 e. The quantitative estimate of drug-likeness (QED) is 0.675. The lowest BCUT2D eigenvalue weighted by Crippen LogP contribution is -2.49. The summed E-state index contributed by atoms with van der Waals surface area (Å²) in [6, 6.07) is 0.00311. The van der Waals surface area contributed by atoms with Gasteiger partial charge in [0.1, 0.15) is 0 Å². The van der Waals surface area contributed by atoms with Crippen LogP contribution in [0.4, 0.5) is 0 Å². The van der Waals surface area contributed by atoms with Crippen LogP contribution in [0.1, 0.15) is 41.0 Å². The molecule has 17 heavy (non-hydrogen) atoms. The van der Waals surface area contributed by atoms with E-state index in [1.54, 1.807) is 0 Å². The highest BCUT2D eigenvalue weighted by molar-refractivity contribution is 5.81. The molecule has 2 atom stereocenters. The Labute approximate surface area is 105 Å². The molecule has 0 rings (SSSR count). The number of likely N-dealkylation sites (N-methyl/N-ethyl adjacent to an activating group) is 1. The molecule has 0 spiro atoms. The highest BCUT2D eigenvalue weighted by atomic mass is 16.3. The number of hydrogen-bond acceptors (Lipinski definition) is 3. The summed E-state index contributed by atoms with van der Waals surface area (Å²) in [5.41, 5.74) is 0. The molecule has 0 aliphatic carbocycles. The molecule has 0 aliphatic rings. The van der Waals surface area contributed by atoms with Crippen molar-refractivity contribution < 1.29 is 9.90 Å². The van der Waals surface area contributed by atoms with Crippen LogP contribution < -0.4 is 5.32 Å². The molecule has 0 aliphatic heterocycles. The molecule has 0 saturated carbocycles. The number of nitrogens with zero attached hydrogens (tertiary/aromatic N) is 1. The van der Waals surface area contributed by atoms with Crippen molar-refractivity contribution in [2.24, 2.45) is 5.92 Å². The van der Waals surface area contributed by atoms with E-state index in [0.29, 0.717) is 12.3 Å². The second-order valence-corrected chi connectivity index (χ2v) is 4.76.